The van der Waals surface area contributed by atoms with Crippen LogP contribution in [-0.2, 0) is 6.18 Å². The van der Waals surface area contributed by atoms with Gasteiger partial charge in [0.2, 0.25) is 5.75 Å². The molecule has 0 aliphatic heterocycles. The summed E-state index contributed by atoms with van der Waals surface area (Å²) in [4.78, 5) is 27.5. The largest absolute Gasteiger partial charge is 0.450 e. The van der Waals surface area contributed by atoms with Gasteiger partial charge in [-0.3, -0.25) is 4.79 Å². The van der Waals surface area contributed by atoms with E-state index < -0.39 is 35.3 Å². The van der Waals surface area contributed by atoms with Crippen LogP contribution >= 0.6 is 0 Å². The van der Waals surface area contributed by atoms with Gasteiger partial charge in [-0.1, -0.05) is 18.2 Å². The van der Waals surface area contributed by atoms with E-state index in [0.29, 0.717) is 4.68 Å². The molecule has 2 aromatic heterocycles. The van der Waals surface area contributed by atoms with Crippen LogP contribution in [0.1, 0.15) is 16.1 Å². The Bertz CT molecular complexity index is 1470. The first-order valence-corrected chi connectivity index (χ1v) is 10.3. The first-order valence-electron chi connectivity index (χ1n) is 10.3. The minimum Gasteiger partial charge on any atom is -0.450 e. The van der Waals surface area contributed by atoms with Crippen molar-refractivity contribution in [2.75, 3.05) is 11.1 Å². The van der Waals surface area contributed by atoms with Crippen molar-refractivity contribution >= 4 is 23.5 Å². The second kappa shape index (κ2) is 9.85. The second-order valence-electron chi connectivity index (χ2n) is 7.30. The van der Waals surface area contributed by atoms with Crippen molar-refractivity contribution in [1.29, 1.82) is 0 Å². The van der Waals surface area contributed by atoms with Crippen molar-refractivity contribution in [3.05, 3.63) is 84.1 Å². The number of nitrogen functional groups attached to an aromatic ring is 1. The van der Waals surface area contributed by atoms with Gasteiger partial charge in [0.05, 0.1) is 17.4 Å². The minimum atomic E-state index is -4.92. The average molecular weight is 516 g/mol. The number of benzene rings is 2. The molecular weight excluding hydrogens is 500 g/mol. The highest BCUT2D eigenvalue weighted by Gasteiger charge is 2.40. The fourth-order valence-corrected chi connectivity index (χ4v) is 3.26. The predicted molar refractivity (Wildman–Crippen MR) is 122 cm³/mol. The maximum atomic E-state index is 14.7. The van der Waals surface area contributed by atoms with Crippen LogP contribution in [0.4, 0.5) is 33.9 Å². The molecule has 0 fully saturated rings. The third-order valence-corrected chi connectivity index (χ3v) is 4.79. The molecule has 14 heteroatoms. The monoisotopic (exact) mass is 516 g/mol. The van der Waals surface area contributed by atoms with Gasteiger partial charge in [0.15, 0.2) is 28.8 Å². The second-order valence-corrected chi connectivity index (χ2v) is 7.30. The number of alkyl halides is 3. The number of para-hydroxylation sites is 1. The molecule has 0 aliphatic carbocycles. The number of hydrogen-bond acceptors (Lipinski definition) is 7. The van der Waals surface area contributed by atoms with Gasteiger partial charge in [-0.05, 0) is 24.3 Å². The van der Waals surface area contributed by atoms with Gasteiger partial charge >= 0.3 is 12.3 Å². The number of hydrogen-bond donors (Lipinski definition) is 3. The summed E-state index contributed by atoms with van der Waals surface area (Å²) in [6.07, 6.45) is -4.15. The number of primary amides is 1. The van der Waals surface area contributed by atoms with Gasteiger partial charge in [-0.15, -0.1) is 0 Å². The summed E-state index contributed by atoms with van der Waals surface area (Å²) >= 11 is 0. The van der Waals surface area contributed by atoms with Crippen molar-refractivity contribution in [3.8, 4) is 22.9 Å². The molecule has 4 aromatic rings. The SMILES string of the molecule is NC(=O)Oc1c(Oc2ccc(NC(=O)c3cnn(-c4ccccc4)c3C(F)(F)F)cc2F)ccnc1N. The maximum Gasteiger partial charge on any atom is 0.434 e. The van der Waals surface area contributed by atoms with Gasteiger partial charge < -0.3 is 26.3 Å². The number of nitrogens with two attached hydrogens (primary N) is 2. The first kappa shape index (κ1) is 25.0. The number of anilines is 2. The lowest BCUT2D eigenvalue weighted by Crippen LogP contribution is -2.20. The maximum absolute atomic E-state index is 14.7. The van der Waals surface area contributed by atoms with Crippen LogP contribution in [0.2, 0.25) is 0 Å². The molecule has 0 aliphatic rings. The lowest BCUT2D eigenvalue weighted by Gasteiger charge is -2.14. The zero-order valence-corrected chi connectivity index (χ0v) is 18.5. The topological polar surface area (TPSA) is 147 Å². The number of rotatable bonds is 6. The fraction of sp³-hybridized carbons (Fsp3) is 0.0435. The Morgan fingerprint density at radius 1 is 1.03 bits per heavy atom. The number of carbonyl (C=O) groups excluding carboxylic acids is 2. The molecule has 0 unspecified atom stereocenters. The lowest BCUT2D eigenvalue weighted by molar-refractivity contribution is -0.143. The summed E-state index contributed by atoms with van der Waals surface area (Å²) in [6.45, 7) is 0. The molecule has 2 amide bonds. The molecule has 37 heavy (non-hydrogen) atoms. The number of ether oxygens (including phenoxy) is 2. The van der Waals surface area contributed by atoms with E-state index >= 15 is 0 Å². The molecule has 0 spiro atoms. The van der Waals surface area contributed by atoms with Gasteiger partial charge in [0.1, 0.15) is 0 Å². The highest BCUT2D eigenvalue weighted by atomic mass is 19.4. The molecule has 2 heterocycles. The number of nitrogens with zero attached hydrogens (tertiary/aromatic N) is 3. The molecule has 0 bridgehead atoms. The number of amides is 2. The Kier molecular flexibility index (Phi) is 6.65. The summed E-state index contributed by atoms with van der Waals surface area (Å²) in [5, 5.41) is 5.92. The summed E-state index contributed by atoms with van der Waals surface area (Å²) in [6, 6.07) is 11.8. The van der Waals surface area contributed by atoms with Crippen molar-refractivity contribution in [2.45, 2.75) is 6.18 Å². The van der Waals surface area contributed by atoms with E-state index in [1.54, 1.807) is 6.07 Å². The van der Waals surface area contributed by atoms with Gasteiger partial charge in [0, 0.05) is 24.0 Å². The normalized spacial score (nSPS) is 11.1. The van der Waals surface area contributed by atoms with Crippen LogP contribution in [0.25, 0.3) is 5.69 Å². The van der Waals surface area contributed by atoms with Crippen LogP contribution in [0.3, 0.4) is 0 Å². The lowest BCUT2D eigenvalue weighted by atomic mass is 10.2. The third-order valence-electron chi connectivity index (χ3n) is 4.79. The van der Waals surface area contributed by atoms with Crippen LogP contribution in [0, 0.1) is 5.82 Å². The van der Waals surface area contributed by atoms with E-state index in [1.807, 2.05) is 0 Å². The number of pyridine rings is 1. The molecule has 0 radical (unpaired) electrons. The van der Waals surface area contributed by atoms with Crippen LogP contribution in [-0.4, -0.2) is 26.8 Å². The Morgan fingerprint density at radius 2 is 1.76 bits per heavy atom. The van der Waals surface area contributed by atoms with Crippen molar-refractivity contribution in [2.24, 2.45) is 5.73 Å². The van der Waals surface area contributed by atoms with E-state index in [-0.39, 0.29) is 34.4 Å². The van der Waals surface area contributed by atoms with Crippen LogP contribution in [0.15, 0.2) is 67.0 Å². The molecule has 5 N–H and O–H groups in total. The number of halogens is 4. The highest BCUT2D eigenvalue weighted by Crippen LogP contribution is 2.37. The number of nitrogens with one attached hydrogen (secondary N) is 1. The predicted octanol–water partition coefficient (Wildman–Crippen LogP) is 4.51. The summed E-state index contributed by atoms with van der Waals surface area (Å²) in [7, 11) is 0. The summed E-state index contributed by atoms with van der Waals surface area (Å²) < 4.78 is 66.9. The smallest absolute Gasteiger partial charge is 0.434 e. The van der Waals surface area contributed by atoms with E-state index in [4.69, 9.17) is 20.9 Å². The number of carbonyl (C=O) groups is 2. The summed E-state index contributed by atoms with van der Waals surface area (Å²) in [5.41, 5.74) is 8.47. The van der Waals surface area contributed by atoms with E-state index in [0.717, 1.165) is 18.3 Å². The minimum absolute atomic E-state index is 0.0952. The summed E-state index contributed by atoms with van der Waals surface area (Å²) in [5.74, 6) is -3.34. The van der Waals surface area contributed by atoms with Gasteiger partial charge in [-0.2, -0.15) is 18.3 Å². The third kappa shape index (κ3) is 5.42. The van der Waals surface area contributed by atoms with E-state index in [2.05, 4.69) is 15.4 Å². The van der Waals surface area contributed by atoms with E-state index in [9.17, 15) is 27.2 Å². The van der Waals surface area contributed by atoms with Gasteiger partial charge in [-0.25, -0.2) is 18.9 Å². The number of aromatic nitrogens is 3. The van der Waals surface area contributed by atoms with Crippen LogP contribution in [0.5, 0.6) is 17.2 Å². The van der Waals surface area contributed by atoms with Crippen molar-refractivity contribution < 1.29 is 36.6 Å². The Morgan fingerprint density at radius 3 is 2.41 bits per heavy atom. The Labute approximate surface area is 205 Å². The molecule has 190 valence electrons. The standard InChI is InChI=1S/C23H16F4N6O4/c24-15-10-12(6-7-16(15)36-17-8-9-30-20(28)18(17)37-22(29)35)32-21(34)14-11-31-33(19(14)23(25,26)27)13-4-2-1-3-5-13/h1-11H,(H2,28,30)(H2,29,35)(H,32,34). The van der Waals surface area contributed by atoms with Crippen LogP contribution < -0.4 is 26.3 Å². The molecule has 4 rings (SSSR count). The zero-order valence-electron chi connectivity index (χ0n) is 18.5. The Balaban J connectivity index is 1.59. The molecule has 2 aromatic carbocycles. The molecule has 0 atom stereocenters. The quantitative estimate of drug-likeness (QED) is 0.320. The molecule has 0 saturated heterocycles. The molecule has 10 nitrogen and oxygen atoms in total. The molecule has 0 saturated carbocycles. The van der Waals surface area contributed by atoms with Gasteiger partial charge in [0.25, 0.3) is 5.91 Å². The zero-order chi connectivity index (χ0) is 26.7. The highest BCUT2D eigenvalue weighted by molar-refractivity contribution is 6.05. The first-order chi connectivity index (χ1) is 17.5. The fourth-order valence-electron chi connectivity index (χ4n) is 3.26. The molecular formula is C23H16F4N6O4. The Hall–Kier alpha value is -5.14. The average Bonchev–Trinajstić information content (AvgIpc) is 3.30. The van der Waals surface area contributed by atoms with Crippen molar-refractivity contribution in [3.63, 3.8) is 0 Å². The van der Waals surface area contributed by atoms with E-state index in [1.165, 1.54) is 42.6 Å². The van der Waals surface area contributed by atoms with Crippen molar-refractivity contribution in [1.82, 2.24) is 14.8 Å².